The molecular weight excluding hydrogens is 457 g/mol. The van der Waals surface area contributed by atoms with Crippen molar-refractivity contribution < 1.29 is 4.79 Å². The van der Waals surface area contributed by atoms with Gasteiger partial charge >= 0.3 is 0 Å². The van der Waals surface area contributed by atoms with E-state index < -0.39 is 5.92 Å². The van der Waals surface area contributed by atoms with Gasteiger partial charge in [-0.05, 0) is 37.5 Å². The number of hydrogen-bond acceptors (Lipinski definition) is 7. The second-order valence-electron chi connectivity index (χ2n) is 7.65. The summed E-state index contributed by atoms with van der Waals surface area (Å²) in [6, 6.07) is 6.74. The Hall–Kier alpha value is -2.49. The minimum absolute atomic E-state index is 0.0188. The third-order valence-electron chi connectivity index (χ3n) is 5.80. The lowest BCUT2D eigenvalue weighted by atomic mass is 9.87. The Kier molecular flexibility index (Phi) is 5.19. The molecular formula is C20H19Cl2N7OS. The Morgan fingerprint density at radius 3 is 2.81 bits per heavy atom. The molecule has 2 aromatic heterocycles. The molecule has 1 saturated heterocycles. The van der Waals surface area contributed by atoms with Crippen LogP contribution < -0.4 is 5.73 Å². The fourth-order valence-corrected chi connectivity index (χ4v) is 5.49. The number of fused-ring (bicyclic) bond motifs is 1. The smallest absolute Gasteiger partial charge is 0.234 e. The summed E-state index contributed by atoms with van der Waals surface area (Å²) in [5, 5.41) is 14.6. The van der Waals surface area contributed by atoms with E-state index in [2.05, 4.69) is 20.3 Å². The molecule has 11 heteroatoms. The number of amides is 1. The van der Waals surface area contributed by atoms with Gasteiger partial charge in [0, 0.05) is 18.3 Å². The molecule has 0 radical (unpaired) electrons. The van der Waals surface area contributed by atoms with E-state index in [1.165, 1.54) is 11.3 Å². The number of aliphatic imine (C=N–C) groups is 1. The molecule has 2 unspecified atom stereocenters. The highest BCUT2D eigenvalue weighted by Crippen LogP contribution is 2.42. The number of nitrogen functional groups attached to an aromatic ring is 1. The number of anilines is 1. The normalized spacial score (nSPS) is 23.0. The summed E-state index contributed by atoms with van der Waals surface area (Å²) in [7, 11) is 0. The molecule has 8 nitrogen and oxygen atoms in total. The van der Waals surface area contributed by atoms with Gasteiger partial charge in [-0.2, -0.15) is 5.10 Å². The van der Waals surface area contributed by atoms with E-state index in [0.29, 0.717) is 27.5 Å². The predicted octanol–water partition coefficient (Wildman–Crippen LogP) is 4.30. The molecule has 4 heterocycles. The average Bonchev–Trinajstić information content (AvgIpc) is 3.48. The van der Waals surface area contributed by atoms with E-state index in [4.69, 9.17) is 28.9 Å². The molecule has 31 heavy (non-hydrogen) atoms. The van der Waals surface area contributed by atoms with Gasteiger partial charge in [0.05, 0.1) is 28.3 Å². The topological polar surface area (TPSA) is 102 Å². The third-order valence-corrected chi connectivity index (χ3v) is 7.39. The molecule has 1 amide bonds. The molecule has 0 spiro atoms. The standard InChI is InChI=1S/C20H19Cl2N7OS/c1-10-16(19(30)28-8-2-3-14(28)18-26-27-20(23)31-18)17(29-15(25-10)6-7-24-29)11-4-5-12(21)13(22)9-11/h4-7,9,14,16-17H,2-3,8H2,1H3,(H2,23,27)/t14-,16?,17?/m0/s1. The maximum absolute atomic E-state index is 13.9. The number of aromatic nitrogens is 4. The first-order chi connectivity index (χ1) is 14.9. The van der Waals surface area contributed by atoms with Gasteiger partial charge in [0.1, 0.15) is 10.9 Å². The zero-order chi connectivity index (χ0) is 21.7. The number of nitrogens with two attached hydrogens (primary N) is 1. The van der Waals surface area contributed by atoms with Crippen LogP contribution in [0.2, 0.25) is 10.0 Å². The Bertz CT molecular complexity index is 1190. The van der Waals surface area contributed by atoms with Gasteiger partial charge < -0.3 is 10.6 Å². The molecule has 2 aliphatic heterocycles. The van der Waals surface area contributed by atoms with Gasteiger partial charge in [-0.25, -0.2) is 9.67 Å². The monoisotopic (exact) mass is 475 g/mol. The quantitative estimate of drug-likeness (QED) is 0.607. The minimum atomic E-state index is -0.532. The number of carbonyl (C=O) groups excluding carboxylic acids is 1. The Morgan fingerprint density at radius 1 is 1.23 bits per heavy atom. The van der Waals surface area contributed by atoms with Gasteiger partial charge in [0.25, 0.3) is 0 Å². The van der Waals surface area contributed by atoms with E-state index in [0.717, 1.165) is 29.1 Å². The van der Waals surface area contributed by atoms with Gasteiger partial charge in [-0.1, -0.05) is 40.6 Å². The van der Waals surface area contributed by atoms with Crippen LogP contribution in [-0.2, 0) is 4.79 Å². The van der Waals surface area contributed by atoms with E-state index in [-0.39, 0.29) is 18.0 Å². The average molecular weight is 476 g/mol. The molecule has 0 bridgehead atoms. The van der Waals surface area contributed by atoms with Crippen molar-refractivity contribution in [2.45, 2.75) is 31.8 Å². The van der Waals surface area contributed by atoms with Crippen molar-refractivity contribution in [2.24, 2.45) is 10.9 Å². The molecule has 0 aliphatic carbocycles. The number of likely N-dealkylation sites (tertiary alicyclic amines) is 1. The summed E-state index contributed by atoms with van der Waals surface area (Å²) >= 11 is 13.8. The van der Waals surface area contributed by atoms with Crippen molar-refractivity contribution in [1.29, 1.82) is 0 Å². The Balaban J connectivity index is 1.57. The van der Waals surface area contributed by atoms with E-state index in [1.54, 1.807) is 23.0 Å². The number of carbonyl (C=O) groups is 1. The highest BCUT2D eigenvalue weighted by molar-refractivity contribution is 7.15. The molecule has 5 rings (SSSR count). The van der Waals surface area contributed by atoms with Crippen molar-refractivity contribution >= 4 is 57.1 Å². The van der Waals surface area contributed by atoms with E-state index in [9.17, 15) is 4.79 Å². The van der Waals surface area contributed by atoms with Crippen LogP contribution in [0.5, 0.6) is 0 Å². The highest BCUT2D eigenvalue weighted by Gasteiger charge is 2.43. The minimum Gasteiger partial charge on any atom is -0.374 e. The van der Waals surface area contributed by atoms with Crippen molar-refractivity contribution in [3.05, 3.63) is 51.1 Å². The van der Waals surface area contributed by atoms with Crippen LogP contribution in [0.3, 0.4) is 0 Å². The Morgan fingerprint density at radius 2 is 2.06 bits per heavy atom. The zero-order valence-electron chi connectivity index (χ0n) is 16.6. The van der Waals surface area contributed by atoms with Gasteiger partial charge in [0.15, 0.2) is 5.82 Å². The van der Waals surface area contributed by atoms with Crippen LogP contribution in [0.4, 0.5) is 10.9 Å². The molecule has 1 aromatic carbocycles. The number of benzene rings is 1. The first kappa shape index (κ1) is 20.4. The molecule has 1 fully saturated rings. The zero-order valence-corrected chi connectivity index (χ0v) is 18.9. The summed E-state index contributed by atoms with van der Waals surface area (Å²) in [5.74, 6) is 0.151. The molecule has 0 saturated carbocycles. The summed E-state index contributed by atoms with van der Waals surface area (Å²) in [4.78, 5) is 20.5. The SMILES string of the molecule is CC1=Nc2ccnn2C(c2ccc(Cl)c(Cl)c2)C1C(=O)N1CCC[C@H]1c1nnc(N)s1. The molecule has 3 atom stereocenters. The van der Waals surface area contributed by atoms with E-state index in [1.807, 2.05) is 24.0 Å². The number of halogens is 2. The summed E-state index contributed by atoms with van der Waals surface area (Å²) in [6.45, 7) is 2.53. The largest absolute Gasteiger partial charge is 0.374 e. The van der Waals surface area contributed by atoms with Crippen molar-refractivity contribution in [3.8, 4) is 0 Å². The summed E-state index contributed by atoms with van der Waals surface area (Å²) in [5.41, 5.74) is 7.37. The van der Waals surface area contributed by atoms with E-state index >= 15 is 0 Å². The van der Waals surface area contributed by atoms with Gasteiger partial charge in [0.2, 0.25) is 11.0 Å². The lowest BCUT2D eigenvalue weighted by molar-refractivity contribution is -0.135. The first-order valence-electron chi connectivity index (χ1n) is 9.87. The number of nitrogens with zero attached hydrogens (tertiary/aromatic N) is 6. The molecule has 2 aliphatic rings. The van der Waals surface area contributed by atoms with Crippen molar-refractivity contribution in [3.63, 3.8) is 0 Å². The highest BCUT2D eigenvalue weighted by atomic mass is 35.5. The fourth-order valence-electron chi connectivity index (χ4n) is 4.42. The second-order valence-corrected chi connectivity index (χ2v) is 9.51. The molecule has 3 aromatic rings. The van der Waals surface area contributed by atoms with Crippen molar-refractivity contribution in [2.75, 3.05) is 12.3 Å². The predicted molar refractivity (Wildman–Crippen MR) is 121 cm³/mol. The lowest BCUT2D eigenvalue weighted by Crippen LogP contribution is -2.44. The van der Waals surface area contributed by atoms with Gasteiger partial charge in [-0.15, -0.1) is 10.2 Å². The summed E-state index contributed by atoms with van der Waals surface area (Å²) < 4.78 is 1.78. The van der Waals surface area contributed by atoms with Crippen LogP contribution >= 0.6 is 34.5 Å². The first-order valence-corrected chi connectivity index (χ1v) is 11.4. The Labute approximate surface area is 192 Å². The summed E-state index contributed by atoms with van der Waals surface area (Å²) in [6.07, 6.45) is 3.41. The number of hydrogen-bond donors (Lipinski definition) is 1. The maximum atomic E-state index is 13.9. The molecule has 2 N–H and O–H groups in total. The second kappa shape index (κ2) is 7.89. The van der Waals surface area contributed by atoms with Crippen LogP contribution in [0, 0.1) is 5.92 Å². The third kappa shape index (κ3) is 3.50. The van der Waals surface area contributed by atoms with Crippen LogP contribution in [0.15, 0.2) is 35.5 Å². The van der Waals surface area contributed by atoms with Gasteiger partial charge in [-0.3, -0.25) is 4.79 Å². The molecule has 160 valence electrons. The van der Waals surface area contributed by atoms with Crippen LogP contribution in [0.1, 0.15) is 42.4 Å². The van der Waals surface area contributed by atoms with Crippen LogP contribution in [0.25, 0.3) is 0 Å². The number of rotatable bonds is 3. The lowest BCUT2D eigenvalue weighted by Gasteiger charge is -2.35. The maximum Gasteiger partial charge on any atom is 0.234 e. The fraction of sp³-hybridized carbons (Fsp3) is 0.350. The van der Waals surface area contributed by atoms with Crippen LogP contribution in [-0.4, -0.2) is 43.0 Å². The van der Waals surface area contributed by atoms with Crippen molar-refractivity contribution in [1.82, 2.24) is 24.9 Å².